The highest BCUT2D eigenvalue weighted by atomic mass is 32.1. The number of thiol groups is 1. The van der Waals surface area contributed by atoms with Gasteiger partial charge in [-0.2, -0.15) is 0 Å². The predicted octanol–water partition coefficient (Wildman–Crippen LogP) is 10.2. The number of benzene rings is 4. The molecule has 0 atom stereocenters. The molecule has 0 unspecified atom stereocenters. The van der Waals surface area contributed by atoms with E-state index >= 15 is 0 Å². The van der Waals surface area contributed by atoms with Crippen LogP contribution in [-0.4, -0.2) is 0 Å². The Morgan fingerprint density at radius 2 is 0.778 bits per heavy atom. The van der Waals surface area contributed by atoms with Gasteiger partial charge in [0.2, 0.25) is 0 Å². The lowest BCUT2D eigenvalue weighted by molar-refractivity contribution is 0.590. The topological polar surface area (TPSA) is 3.24 Å². The standard InChI is InChI=1S/C34H37NS/c1-33(2,3)27-13-19-30(20-14-27)35(31-21-15-28(16-22-31)34(4,5)6)29-17-9-25(10-18-29)7-8-26-11-23-32(36)24-12-26/h7-24,36H,1-6H3. The van der Waals surface area contributed by atoms with E-state index in [4.69, 9.17) is 0 Å². The van der Waals surface area contributed by atoms with Gasteiger partial charge in [0, 0.05) is 22.0 Å². The Hall–Kier alpha value is -3.23. The molecule has 0 heterocycles. The van der Waals surface area contributed by atoms with Crippen LogP contribution >= 0.6 is 12.6 Å². The fraction of sp³-hybridized carbons (Fsp3) is 0.235. The fourth-order valence-electron chi connectivity index (χ4n) is 4.18. The average molecular weight is 492 g/mol. The first kappa shape index (κ1) is 25.9. The van der Waals surface area contributed by atoms with Crippen molar-refractivity contribution >= 4 is 41.8 Å². The molecule has 0 N–H and O–H groups in total. The number of hydrogen-bond donors (Lipinski definition) is 1. The van der Waals surface area contributed by atoms with Gasteiger partial charge < -0.3 is 4.90 Å². The highest BCUT2D eigenvalue weighted by molar-refractivity contribution is 7.80. The summed E-state index contributed by atoms with van der Waals surface area (Å²) in [4.78, 5) is 3.31. The van der Waals surface area contributed by atoms with Gasteiger partial charge in [-0.25, -0.2) is 0 Å². The Morgan fingerprint density at radius 3 is 1.11 bits per heavy atom. The van der Waals surface area contributed by atoms with Crippen LogP contribution in [0.25, 0.3) is 12.2 Å². The van der Waals surface area contributed by atoms with Crippen LogP contribution in [0.4, 0.5) is 17.1 Å². The Labute approximate surface area is 222 Å². The molecule has 36 heavy (non-hydrogen) atoms. The molecule has 0 fully saturated rings. The molecular weight excluding hydrogens is 454 g/mol. The van der Waals surface area contributed by atoms with Crippen molar-refractivity contribution in [2.45, 2.75) is 57.3 Å². The first-order valence-electron chi connectivity index (χ1n) is 12.6. The molecule has 0 aliphatic rings. The molecule has 184 valence electrons. The van der Waals surface area contributed by atoms with Gasteiger partial charge in [-0.05, 0) is 81.6 Å². The van der Waals surface area contributed by atoms with Gasteiger partial charge in [-0.1, -0.05) is 102 Å². The Bertz CT molecular complexity index is 1240. The molecule has 0 bridgehead atoms. The average Bonchev–Trinajstić information content (AvgIpc) is 2.84. The molecule has 0 amide bonds. The molecule has 0 saturated heterocycles. The van der Waals surface area contributed by atoms with Crippen molar-refractivity contribution in [3.05, 3.63) is 119 Å². The third-order valence-corrected chi connectivity index (χ3v) is 6.79. The van der Waals surface area contributed by atoms with Gasteiger partial charge in [0.1, 0.15) is 0 Å². The van der Waals surface area contributed by atoms with E-state index in [0.717, 1.165) is 27.5 Å². The van der Waals surface area contributed by atoms with E-state index in [1.54, 1.807) is 0 Å². The monoisotopic (exact) mass is 491 g/mol. The minimum atomic E-state index is 0.124. The summed E-state index contributed by atoms with van der Waals surface area (Å²) in [5.74, 6) is 0. The maximum absolute atomic E-state index is 4.37. The zero-order chi connectivity index (χ0) is 25.9. The van der Waals surface area contributed by atoms with E-state index in [0.29, 0.717) is 0 Å². The van der Waals surface area contributed by atoms with E-state index in [2.05, 4.69) is 156 Å². The number of hydrogen-bond acceptors (Lipinski definition) is 2. The van der Waals surface area contributed by atoms with Crippen LogP contribution in [0, 0.1) is 0 Å². The van der Waals surface area contributed by atoms with Crippen molar-refractivity contribution < 1.29 is 0 Å². The first-order chi connectivity index (χ1) is 17.0. The van der Waals surface area contributed by atoms with Gasteiger partial charge in [-0.3, -0.25) is 0 Å². The SMILES string of the molecule is CC(C)(C)c1ccc(N(c2ccc(C=Cc3ccc(S)cc3)cc2)c2ccc(C(C)(C)C)cc2)cc1. The van der Waals surface area contributed by atoms with Crippen molar-refractivity contribution in [3.8, 4) is 0 Å². The van der Waals surface area contributed by atoms with Crippen LogP contribution in [0.3, 0.4) is 0 Å². The van der Waals surface area contributed by atoms with E-state index in [9.17, 15) is 0 Å². The quantitative estimate of drug-likeness (QED) is 0.215. The molecule has 0 aliphatic carbocycles. The van der Waals surface area contributed by atoms with E-state index in [1.807, 2.05) is 12.1 Å². The normalized spacial score (nSPS) is 12.2. The van der Waals surface area contributed by atoms with Gasteiger partial charge in [-0.15, -0.1) is 12.6 Å². The number of nitrogens with zero attached hydrogens (tertiary/aromatic N) is 1. The molecule has 4 aromatic rings. The molecule has 4 aromatic carbocycles. The molecule has 0 aromatic heterocycles. The Morgan fingerprint density at radius 1 is 0.472 bits per heavy atom. The van der Waals surface area contributed by atoms with E-state index in [1.165, 1.54) is 16.7 Å². The van der Waals surface area contributed by atoms with Crippen LogP contribution in [0.1, 0.15) is 63.8 Å². The lowest BCUT2D eigenvalue weighted by Gasteiger charge is -2.28. The molecule has 0 spiro atoms. The summed E-state index contributed by atoms with van der Waals surface area (Å²) in [5.41, 5.74) is 8.69. The molecule has 0 radical (unpaired) electrons. The minimum Gasteiger partial charge on any atom is -0.311 e. The second-order valence-corrected chi connectivity index (χ2v) is 12.0. The smallest absolute Gasteiger partial charge is 0.0462 e. The van der Waals surface area contributed by atoms with Crippen LogP contribution in [0.15, 0.2) is 102 Å². The highest BCUT2D eigenvalue weighted by Gasteiger charge is 2.18. The number of rotatable bonds is 5. The largest absolute Gasteiger partial charge is 0.311 e. The van der Waals surface area contributed by atoms with E-state index in [-0.39, 0.29) is 10.8 Å². The van der Waals surface area contributed by atoms with Crippen molar-refractivity contribution in [2.75, 3.05) is 4.90 Å². The van der Waals surface area contributed by atoms with Crippen molar-refractivity contribution in [1.29, 1.82) is 0 Å². The van der Waals surface area contributed by atoms with Crippen molar-refractivity contribution in [2.24, 2.45) is 0 Å². The van der Waals surface area contributed by atoms with Gasteiger partial charge in [0.25, 0.3) is 0 Å². The summed E-state index contributed by atoms with van der Waals surface area (Å²) < 4.78 is 0. The Kier molecular flexibility index (Phi) is 7.47. The summed E-state index contributed by atoms with van der Waals surface area (Å²) >= 11 is 4.37. The fourth-order valence-corrected chi connectivity index (χ4v) is 4.33. The van der Waals surface area contributed by atoms with Crippen LogP contribution < -0.4 is 4.90 Å². The first-order valence-corrected chi connectivity index (χ1v) is 13.0. The van der Waals surface area contributed by atoms with Gasteiger partial charge in [0.05, 0.1) is 0 Å². The number of anilines is 3. The third kappa shape index (κ3) is 6.30. The molecule has 1 nitrogen and oxygen atoms in total. The minimum absolute atomic E-state index is 0.124. The molecule has 2 heteroatoms. The zero-order valence-corrected chi connectivity index (χ0v) is 23.2. The lowest BCUT2D eigenvalue weighted by atomic mass is 9.86. The second-order valence-electron chi connectivity index (χ2n) is 11.4. The maximum Gasteiger partial charge on any atom is 0.0462 e. The summed E-state index contributed by atoms with van der Waals surface area (Å²) in [5, 5.41) is 0. The second kappa shape index (κ2) is 10.4. The van der Waals surface area contributed by atoms with Crippen LogP contribution in [-0.2, 0) is 10.8 Å². The predicted molar refractivity (Wildman–Crippen MR) is 161 cm³/mol. The van der Waals surface area contributed by atoms with Gasteiger partial charge in [0.15, 0.2) is 0 Å². The summed E-state index contributed by atoms with van der Waals surface area (Å²) in [7, 11) is 0. The molecule has 0 aliphatic heterocycles. The van der Waals surface area contributed by atoms with Crippen LogP contribution in [0.5, 0.6) is 0 Å². The molecular formula is C34H37NS. The van der Waals surface area contributed by atoms with Gasteiger partial charge >= 0.3 is 0 Å². The third-order valence-electron chi connectivity index (χ3n) is 6.50. The molecule has 0 saturated carbocycles. The molecule has 4 rings (SSSR count). The maximum atomic E-state index is 4.37. The summed E-state index contributed by atoms with van der Waals surface area (Å²) in [6, 6.07) is 34.9. The Balaban J connectivity index is 1.68. The van der Waals surface area contributed by atoms with E-state index < -0.39 is 0 Å². The highest BCUT2D eigenvalue weighted by Crippen LogP contribution is 2.37. The lowest BCUT2D eigenvalue weighted by Crippen LogP contribution is -2.14. The van der Waals surface area contributed by atoms with Crippen molar-refractivity contribution in [1.82, 2.24) is 0 Å². The van der Waals surface area contributed by atoms with Crippen LogP contribution in [0.2, 0.25) is 0 Å². The summed E-state index contributed by atoms with van der Waals surface area (Å²) in [6.07, 6.45) is 4.29. The zero-order valence-electron chi connectivity index (χ0n) is 22.3. The summed E-state index contributed by atoms with van der Waals surface area (Å²) in [6.45, 7) is 13.5. The van der Waals surface area contributed by atoms with Crippen molar-refractivity contribution in [3.63, 3.8) is 0 Å².